The Balaban J connectivity index is 2.83. The van der Waals surface area contributed by atoms with E-state index in [2.05, 4.69) is 5.32 Å². The van der Waals surface area contributed by atoms with E-state index in [1.807, 2.05) is 0 Å². The predicted molar refractivity (Wildman–Crippen MR) is 78.8 cm³/mol. The molecule has 0 aliphatic carbocycles. The third-order valence-corrected chi connectivity index (χ3v) is 2.47. The van der Waals surface area contributed by atoms with Gasteiger partial charge in [-0.2, -0.15) is 0 Å². The third kappa shape index (κ3) is 6.65. The molecule has 0 unspecified atom stereocenters. The summed E-state index contributed by atoms with van der Waals surface area (Å²) in [5.74, 6) is -0.330. The lowest BCUT2D eigenvalue weighted by atomic mass is 10.1. The number of aryl methyl sites for hydroxylation is 1. The monoisotopic (exact) mass is 295 g/mol. The summed E-state index contributed by atoms with van der Waals surface area (Å²) in [6, 6.07) is 5.09. The summed E-state index contributed by atoms with van der Waals surface area (Å²) in [6.45, 7) is 5.32. The molecule has 6 heteroatoms. The molecular weight excluding hydrogens is 274 g/mol. The number of carboxylic acid groups (broad SMARTS) is 1. The molecule has 0 aliphatic heterocycles. The predicted octanol–water partition coefficient (Wildman–Crippen LogP) is 3.06. The van der Waals surface area contributed by atoms with Crippen molar-refractivity contribution in [2.75, 3.05) is 12.4 Å². The number of nitrogens with one attached hydrogen (secondary N) is 1. The van der Waals surface area contributed by atoms with Gasteiger partial charge in [-0.15, -0.1) is 0 Å². The van der Waals surface area contributed by atoms with Gasteiger partial charge in [-0.05, 0) is 44.9 Å². The summed E-state index contributed by atoms with van der Waals surface area (Å²) in [4.78, 5) is 22.4. The first-order valence-electron chi connectivity index (χ1n) is 6.59. The topological polar surface area (TPSA) is 84.9 Å². The molecule has 1 aromatic rings. The van der Waals surface area contributed by atoms with Gasteiger partial charge in [0.15, 0.2) is 0 Å². The standard InChI is InChI=1S/C15H21NO5/c1-15(2,3)21-14(19)16-11-7-10(5-6-13(17)18)8-12(9-11)20-4/h7-9H,5-6H2,1-4H3,(H,16,19)(H,17,18). The Morgan fingerprint density at radius 2 is 1.90 bits per heavy atom. The fraction of sp³-hybridized carbons (Fsp3) is 0.467. The number of methoxy groups -OCH3 is 1. The number of carboxylic acids is 1. The number of aliphatic carboxylic acids is 1. The Bertz CT molecular complexity index is 519. The summed E-state index contributed by atoms with van der Waals surface area (Å²) >= 11 is 0. The fourth-order valence-corrected chi connectivity index (χ4v) is 1.67. The molecule has 0 saturated carbocycles. The normalized spacial score (nSPS) is 10.9. The summed E-state index contributed by atoms with van der Waals surface area (Å²) < 4.78 is 10.3. The molecule has 0 heterocycles. The number of carbonyl (C=O) groups is 2. The van der Waals surface area contributed by atoms with Crippen LogP contribution in [0.5, 0.6) is 5.75 Å². The van der Waals surface area contributed by atoms with E-state index in [1.165, 1.54) is 7.11 Å². The maximum Gasteiger partial charge on any atom is 0.412 e. The number of rotatable bonds is 5. The van der Waals surface area contributed by atoms with Crippen LogP contribution in [-0.4, -0.2) is 29.9 Å². The van der Waals surface area contributed by atoms with Crippen LogP contribution in [-0.2, 0) is 16.0 Å². The zero-order chi connectivity index (χ0) is 16.0. The van der Waals surface area contributed by atoms with Gasteiger partial charge in [0.25, 0.3) is 0 Å². The quantitative estimate of drug-likeness (QED) is 0.872. The van der Waals surface area contributed by atoms with Crippen molar-refractivity contribution in [2.24, 2.45) is 0 Å². The molecule has 2 N–H and O–H groups in total. The van der Waals surface area contributed by atoms with Crippen LogP contribution in [0.1, 0.15) is 32.8 Å². The van der Waals surface area contributed by atoms with E-state index in [-0.39, 0.29) is 6.42 Å². The number of hydrogen-bond donors (Lipinski definition) is 2. The zero-order valence-corrected chi connectivity index (χ0v) is 12.7. The minimum Gasteiger partial charge on any atom is -0.497 e. The van der Waals surface area contributed by atoms with Crippen molar-refractivity contribution in [1.82, 2.24) is 0 Å². The maximum absolute atomic E-state index is 11.7. The van der Waals surface area contributed by atoms with Gasteiger partial charge in [-0.25, -0.2) is 4.79 Å². The first-order valence-corrected chi connectivity index (χ1v) is 6.59. The average Bonchev–Trinajstić information content (AvgIpc) is 2.33. The van der Waals surface area contributed by atoms with Crippen molar-refractivity contribution in [3.63, 3.8) is 0 Å². The molecule has 0 atom stereocenters. The SMILES string of the molecule is COc1cc(CCC(=O)O)cc(NC(=O)OC(C)(C)C)c1. The van der Waals surface area contributed by atoms with Crippen LogP contribution in [0.15, 0.2) is 18.2 Å². The molecule has 0 aromatic heterocycles. The summed E-state index contributed by atoms with van der Waals surface area (Å²) in [5.41, 5.74) is 0.682. The molecule has 0 bridgehead atoms. The molecular formula is C15H21NO5. The molecule has 6 nitrogen and oxygen atoms in total. The molecule has 21 heavy (non-hydrogen) atoms. The molecule has 0 fully saturated rings. The summed E-state index contributed by atoms with van der Waals surface area (Å²) in [5, 5.41) is 11.3. The number of benzene rings is 1. The smallest absolute Gasteiger partial charge is 0.412 e. The van der Waals surface area contributed by atoms with Gasteiger partial charge >= 0.3 is 12.1 Å². The van der Waals surface area contributed by atoms with Gasteiger partial charge in [0.1, 0.15) is 11.4 Å². The van der Waals surface area contributed by atoms with E-state index < -0.39 is 17.7 Å². The second kappa shape index (κ2) is 6.97. The fourth-order valence-electron chi connectivity index (χ4n) is 1.67. The number of anilines is 1. The molecule has 0 saturated heterocycles. The lowest BCUT2D eigenvalue weighted by Gasteiger charge is -2.20. The van der Waals surface area contributed by atoms with E-state index in [1.54, 1.807) is 39.0 Å². The first-order chi connectivity index (χ1) is 9.69. The third-order valence-electron chi connectivity index (χ3n) is 2.47. The minimum atomic E-state index is -0.875. The van der Waals surface area contributed by atoms with E-state index >= 15 is 0 Å². The highest BCUT2D eigenvalue weighted by Crippen LogP contribution is 2.22. The van der Waals surface area contributed by atoms with Crippen molar-refractivity contribution in [3.8, 4) is 5.75 Å². The van der Waals surface area contributed by atoms with Gasteiger partial charge < -0.3 is 14.6 Å². The van der Waals surface area contributed by atoms with E-state index in [4.69, 9.17) is 14.6 Å². The molecule has 116 valence electrons. The number of hydrogen-bond acceptors (Lipinski definition) is 4. The van der Waals surface area contributed by atoms with Gasteiger partial charge in [0.05, 0.1) is 7.11 Å². The lowest BCUT2D eigenvalue weighted by molar-refractivity contribution is -0.136. The Morgan fingerprint density at radius 3 is 2.43 bits per heavy atom. The van der Waals surface area contributed by atoms with Gasteiger partial charge in [-0.1, -0.05) is 0 Å². The van der Waals surface area contributed by atoms with Gasteiger partial charge in [0, 0.05) is 18.2 Å². The molecule has 1 aromatic carbocycles. The number of ether oxygens (including phenoxy) is 2. The second-order valence-electron chi connectivity index (χ2n) is 5.59. The van der Waals surface area contributed by atoms with Crippen LogP contribution >= 0.6 is 0 Å². The highest BCUT2D eigenvalue weighted by atomic mass is 16.6. The highest BCUT2D eigenvalue weighted by molar-refractivity contribution is 5.85. The molecule has 1 rings (SSSR count). The van der Waals surface area contributed by atoms with Crippen molar-refractivity contribution >= 4 is 17.7 Å². The number of amides is 1. The zero-order valence-electron chi connectivity index (χ0n) is 12.7. The van der Waals surface area contributed by atoms with E-state index in [9.17, 15) is 9.59 Å². The van der Waals surface area contributed by atoms with Crippen LogP contribution in [0, 0.1) is 0 Å². The van der Waals surface area contributed by atoms with Crippen molar-refractivity contribution in [3.05, 3.63) is 23.8 Å². The Hall–Kier alpha value is -2.24. The molecule has 0 spiro atoms. The van der Waals surface area contributed by atoms with Crippen LogP contribution in [0.4, 0.5) is 10.5 Å². The van der Waals surface area contributed by atoms with E-state index in [0.29, 0.717) is 17.9 Å². The van der Waals surface area contributed by atoms with Crippen LogP contribution in [0.2, 0.25) is 0 Å². The molecule has 0 aliphatic rings. The average molecular weight is 295 g/mol. The Morgan fingerprint density at radius 1 is 1.24 bits per heavy atom. The second-order valence-corrected chi connectivity index (χ2v) is 5.59. The van der Waals surface area contributed by atoms with Crippen LogP contribution in [0.25, 0.3) is 0 Å². The highest BCUT2D eigenvalue weighted by Gasteiger charge is 2.16. The molecule has 1 amide bonds. The van der Waals surface area contributed by atoms with Crippen molar-refractivity contribution < 1.29 is 24.2 Å². The Kier molecular flexibility index (Phi) is 5.58. The van der Waals surface area contributed by atoms with E-state index in [0.717, 1.165) is 5.56 Å². The first kappa shape index (κ1) is 16.8. The minimum absolute atomic E-state index is 0.0129. The lowest BCUT2D eigenvalue weighted by Crippen LogP contribution is -2.27. The largest absolute Gasteiger partial charge is 0.497 e. The molecule has 0 radical (unpaired) electrons. The van der Waals surface area contributed by atoms with Gasteiger partial charge in [-0.3, -0.25) is 10.1 Å². The number of carbonyl (C=O) groups excluding carboxylic acids is 1. The maximum atomic E-state index is 11.7. The van der Waals surface area contributed by atoms with Crippen LogP contribution < -0.4 is 10.1 Å². The summed E-state index contributed by atoms with van der Waals surface area (Å²) in [6.07, 6.45) is -0.200. The van der Waals surface area contributed by atoms with Crippen molar-refractivity contribution in [1.29, 1.82) is 0 Å². The van der Waals surface area contributed by atoms with Crippen LogP contribution in [0.3, 0.4) is 0 Å². The van der Waals surface area contributed by atoms with Gasteiger partial charge in [0.2, 0.25) is 0 Å². The Labute approximate surface area is 124 Å². The summed E-state index contributed by atoms with van der Waals surface area (Å²) in [7, 11) is 1.51. The van der Waals surface area contributed by atoms with Crippen molar-refractivity contribution in [2.45, 2.75) is 39.2 Å².